The lowest BCUT2D eigenvalue weighted by atomic mass is 10.2. The summed E-state index contributed by atoms with van der Waals surface area (Å²) in [5.41, 5.74) is 2.85. The van der Waals surface area contributed by atoms with Gasteiger partial charge in [0.05, 0.1) is 27.3 Å². The van der Waals surface area contributed by atoms with E-state index in [-0.39, 0.29) is 16.3 Å². The minimum Gasteiger partial charge on any atom is -0.423 e. The van der Waals surface area contributed by atoms with Gasteiger partial charge < -0.3 is 4.74 Å². The Bertz CT molecular complexity index is 1640. The summed E-state index contributed by atoms with van der Waals surface area (Å²) in [5, 5.41) is 15.1. The van der Waals surface area contributed by atoms with Crippen LogP contribution < -0.4 is 14.5 Å². The molecule has 0 aliphatic carbocycles. The molecule has 0 radical (unpaired) electrons. The van der Waals surface area contributed by atoms with E-state index in [0.29, 0.717) is 16.9 Å². The number of non-ortho nitro benzene ring substituents is 1. The summed E-state index contributed by atoms with van der Waals surface area (Å²) in [5.74, 6) is -0.975. The van der Waals surface area contributed by atoms with Crippen LogP contribution in [0.1, 0.15) is 15.9 Å². The van der Waals surface area contributed by atoms with E-state index >= 15 is 0 Å². The van der Waals surface area contributed by atoms with Crippen molar-refractivity contribution in [3.63, 3.8) is 0 Å². The predicted molar refractivity (Wildman–Crippen MR) is 148 cm³/mol. The van der Waals surface area contributed by atoms with Gasteiger partial charge in [-0.25, -0.2) is 18.6 Å². The lowest BCUT2D eigenvalue weighted by Gasteiger charge is -2.23. The number of hydrogen-bond acceptors (Lipinski definition) is 8. The molecule has 0 unspecified atom stereocenters. The van der Waals surface area contributed by atoms with Gasteiger partial charge in [-0.1, -0.05) is 42.5 Å². The second-order valence-corrected chi connectivity index (χ2v) is 10.1. The third kappa shape index (κ3) is 6.94. The monoisotopic (exact) mass is 558 g/mol. The van der Waals surface area contributed by atoms with Crippen molar-refractivity contribution in [2.45, 2.75) is 4.90 Å². The van der Waals surface area contributed by atoms with Gasteiger partial charge in [0.2, 0.25) is 0 Å². The number of hydrazone groups is 1. The SMILES string of the molecule is O=C(CN(c1cccc([N+](=O)[O-])c1)S(=O)(=O)c1ccccc1)N/N=C\c1ccc(OC(=O)c2ccccc2)cc1. The summed E-state index contributed by atoms with van der Waals surface area (Å²) in [6, 6.07) is 27.2. The number of nitro benzene ring substituents is 1. The van der Waals surface area contributed by atoms with Gasteiger partial charge in [0, 0.05) is 12.1 Å². The Morgan fingerprint density at radius 2 is 1.55 bits per heavy atom. The molecule has 202 valence electrons. The van der Waals surface area contributed by atoms with Gasteiger partial charge in [-0.05, 0) is 60.2 Å². The van der Waals surface area contributed by atoms with Crippen molar-refractivity contribution >= 4 is 39.5 Å². The molecule has 0 spiro atoms. The van der Waals surface area contributed by atoms with Crippen molar-refractivity contribution < 1.29 is 27.7 Å². The van der Waals surface area contributed by atoms with Crippen LogP contribution in [0.25, 0.3) is 0 Å². The number of carbonyl (C=O) groups excluding carboxylic acids is 2. The fraction of sp³-hybridized carbons (Fsp3) is 0.0357. The first-order chi connectivity index (χ1) is 19.2. The van der Waals surface area contributed by atoms with Crippen LogP contribution in [0.3, 0.4) is 0 Å². The van der Waals surface area contributed by atoms with E-state index in [1.807, 2.05) is 0 Å². The van der Waals surface area contributed by atoms with E-state index < -0.39 is 33.4 Å². The number of carbonyl (C=O) groups is 2. The van der Waals surface area contributed by atoms with Gasteiger partial charge in [-0.15, -0.1) is 0 Å². The molecule has 0 saturated heterocycles. The molecule has 4 aromatic carbocycles. The molecule has 0 aliphatic rings. The van der Waals surface area contributed by atoms with Crippen molar-refractivity contribution in [2.75, 3.05) is 10.8 Å². The van der Waals surface area contributed by atoms with E-state index in [1.54, 1.807) is 60.7 Å². The smallest absolute Gasteiger partial charge is 0.343 e. The first kappa shape index (κ1) is 27.7. The molecule has 12 heteroatoms. The fourth-order valence-electron chi connectivity index (χ4n) is 3.50. The zero-order chi connectivity index (χ0) is 28.5. The van der Waals surface area contributed by atoms with Gasteiger partial charge in [-0.3, -0.25) is 19.2 Å². The van der Waals surface area contributed by atoms with Crippen molar-refractivity contribution in [3.05, 3.63) is 130 Å². The van der Waals surface area contributed by atoms with Crippen molar-refractivity contribution in [1.29, 1.82) is 0 Å². The summed E-state index contributed by atoms with van der Waals surface area (Å²) in [6.07, 6.45) is 1.32. The zero-order valence-electron chi connectivity index (χ0n) is 20.8. The molecule has 0 bridgehead atoms. The number of esters is 1. The molecular weight excluding hydrogens is 536 g/mol. The van der Waals surface area contributed by atoms with Crippen LogP contribution in [0.15, 0.2) is 119 Å². The van der Waals surface area contributed by atoms with Crippen molar-refractivity contribution in [3.8, 4) is 5.75 Å². The quantitative estimate of drug-likeness (QED) is 0.101. The zero-order valence-corrected chi connectivity index (χ0v) is 21.6. The highest BCUT2D eigenvalue weighted by atomic mass is 32.2. The van der Waals surface area contributed by atoms with Gasteiger partial charge in [-0.2, -0.15) is 5.10 Å². The highest BCUT2D eigenvalue weighted by Gasteiger charge is 2.28. The van der Waals surface area contributed by atoms with Crippen LogP contribution in [0.5, 0.6) is 5.75 Å². The molecule has 0 fully saturated rings. The van der Waals surface area contributed by atoms with Gasteiger partial charge in [0.25, 0.3) is 21.6 Å². The molecule has 0 atom stereocenters. The van der Waals surface area contributed by atoms with E-state index in [0.717, 1.165) is 10.4 Å². The van der Waals surface area contributed by atoms with Gasteiger partial charge in [0.15, 0.2) is 0 Å². The standard InChI is InChI=1S/C28H22N4O7S/c33-27(30-29-19-21-14-16-25(17-15-21)39-28(34)22-8-3-1-4-9-22)20-31(23-10-7-11-24(18-23)32(35)36)40(37,38)26-12-5-2-6-13-26/h1-19H,20H2,(H,30,33)/b29-19-. The summed E-state index contributed by atoms with van der Waals surface area (Å²) in [6.45, 7) is -0.690. The third-order valence-corrected chi connectivity index (χ3v) is 7.24. The number of hydrogen-bond donors (Lipinski definition) is 1. The summed E-state index contributed by atoms with van der Waals surface area (Å²) in [7, 11) is -4.25. The first-order valence-electron chi connectivity index (χ1n) is 11.8. The highest BCUT2D eigenvalue weighted by molar-refractivity contribution is 7.92. The van der Waals surface area contributed by atoms with E-state index in [4.69, 9.17) is 4.74 Å². The number of amides is 1. The molecule has 1 amide bonds. The molecule has 0 heterocycles. The average Bonchev–Trinajstić information content (AvgIpc) is 2.97. The van der Waals surface area contributed by atoms with Crippen LogP contribution in [-0.4, -0.2) is 38.0 Å². The highest BCUT2D eigenvalue weighted by Crippen LogP contribution is 2.26. The third-order valence-electron chi connectivity index (χ3n) is 5.45. The lowest BCUT2D eigenvalue weighted by Crippen LogP contribution is -2.39. The molecule has 0 saturated carbocycles. The molecule has 11 nitrogen and oxygen atoms in total. The summed E-state index contributed by atoms with van der Waals surface area (Å²) < 4.78 is 32.8. The second-order valence-electron chi connectivity index (χ2n) is 8.22. The Kier molecular flexibility index (Phi) is 8.62. The maximum Gasteiger partial charge on any atom is 0.343 e. The Hall–Kier alpha value is -5.36. The Balaban J connectivity index is 1.45. The van der Waals surface area contributed by atoms with Crippen LogP contribution in [0, 0.1) is 10.1 Å². The minimum absolute atomic E-state index is 0.0576. The summed E-state index contributed by atoms with van der Waals surface area (Å²) in [4.78, 5) is 35.4. The number of rotatable bonds is 10. The Labute approximate surface area is 229 Å². The molecule has 0 aromatic heterocycles. The molecule has 0 aliphatic heterocycles. The minimum atomic E-state index is -4.25. The van der Waals surface area contributed by atoms with Gasteiger partial charge >= 0.3 is 5.97 Å². The van der Waals surface area contributed by atoms with E-state index in [9.17, 15) is 28.1 Å². The number of nitrogens with one attached hydrogen (secondary N) is 1. The Morgan fingerprint density at radius 3 is 2.20 bits per heavy atom. The summed E-state index contributed by atoms with van der Waals surface area (Å²) >= 11 is 0. The first-order valence-corrected chi connectivity index (χ1v) is 13.2. The normalized spacial score (nSPS) is 11.1. The van der Waals surface area contributed by atoms with Crippen molar-refractivity contribution in [1.82, 2.24) is 5.43 Å². The number of nitrogens with zero attached hydrogens (tertiary/aromatic N) is 3. The molecule has 4 aromatic rings. The largest absolute Gasteiger partial charge is 0.423 e. The Morgan fingerprint density at radius 1 is 0.900 bits per heavy atom. The molecule has 40 heavy (non-hydrogen) atoms. The van der Waals surface area contributed by atoms with Crippen molar-refractivity contribution in [2.24, 2.45) is 5.10 Å². The van der Waals surface area contributed by atoms with E-state index in [1.165, 1.54) is 48.7 Å². The molecule has 1 N–H and O–H groups in total. The fourth-order valence-corrected chi connectivity index (χ4v) is 4.94. The molecular formula is C28H22N4O7S. The van der Waals surface area contributed by atoms with Crippen LogP contribution in [0.4, 0.5) is 11.4 Å². The van der Waals surface area contributed by atoms with Crippen LogP contribution >= 0.6 is 0 Å². The predicted octanol–water partition coefficient (Wildman–Crippen LogP) is 4.16. The number of benzene rings is 4. The topological polar surface area (TPSA) is 148 Å². The number of ether oxygens (including phenoxy) is 1. The average molecular weight is 559 g/mol. The second kappa shape index (κ2) is 12.5. The van der Waals surface area contributed by atoms with E-state index in [2.05, 4.69) is 10.5 Å². The maximum atomic E-state index is 13.3. The number of sulfonamides is 1. The van der Waals surface area contributed by atoms with Crippen LogP contribution in [0.2, 0.25) is 0 Å². The van der Waals surface area contributed by atoms with Crippen LogP contribution in [-0.2, 0) is 14.8 Å². The number of nitro groups is 1. The molecule has 4 rings (SSSR count). The lowest BCUT2D eigenvalue weighted by molar-refractivity contribution is -0.384. The number of anilines is 1. The van der Waals surface area contributed by atoms with Gasteiger partial charge in [0.1, 0.15) is 12.3 Å². The maximum absolute atomic E-state index is 13.3.